The van der Waals surface area contributed by atoms with Gasteiger partial charge >= 0.3 is 5.97 Å². The van der Waals surface area contributed by atoms with Crippen molar-refractivity contribution in [2.45, 2.75) is 85.7 Å². The number of hydrogen-bond acceptors (Lipinski definition) is 6. The molecule has 8 heteroatoms. The molecule has 1 N–H and O–H groups in total. The van der Waals surface area contributed by atoms with Gasteiger partial charge in [0, 0.05) is 25.2 Å². The molecule has 1 atom stereocenters. The maximum Gasteiger partial charge on any atom is 0.332 e. The number of aryl methyl sites for hydroxylation is 1. The lowest BCUT2D eigenvalue weighted by molar-refractivity contribution is -0.140. The molecule has 222 valence electrons. The number of carbonyl (C=O) groups is 2. The SMILES string of the molecule is C=C(C)[C@H](Nc1nc2ccc(C(=O)N(CCC(C)C)CCC(C)C)cc2n1CCCN1CCCCC1)C(=O)OC. The first-order valence-corrected chi connectivity index (χ1v) is 15.1. The van der Waals surface area contributed by atoms with Gasteiger partial charge < -0.3 is 24.4 Å². The van der Waals surface area contributed by atoms with E-state index in [1.54, 1.807) is 6.92 Å². The maximum absolute atomic E-state index is 13.7. The number of ether oxygens (including phenoxy) is 1. The van der Waals surface area contributed by atoms with Crippen LogP contribution in [-0.4, -0.2) is 77.1 Å². The highest BCUT2D eigenvalue weighted by molar-refractivity contribution is 5.98. The summed E-state index contributed by atoms with van der Waals surface area (Å²) in [6.45, 7) is 20.1. The molecule has 1 aliphatic heterocycles. The number of fused-ring (bicyclic) bond motifs is 1. The number of nitrogens with zero attached hydrogens (tertiary/aromatic N) is 4. The van der Waals surface area contributed by atoms with Crippen LogP contribution in [-0.2, 0) is 16.1 Å². The van der Waals surface area contributed by atoms with Crippen LogP contribution in [0.15, 0.2) is 30.4 Å². The predicted molar refractivity (Wildman–Crippen MR) is 164 cm³/mol. The zero-order valence-electron chi connectivity index (χ0n) is 25.7. The van der Waals surface area contributed by atoms with E-state index in [-0.39, 0.29) is 5.91 Å². The van der Waals surface area contributed by atoms with Gasteiger partial charge in [-0.2, -0.15) is 0 Å². The Hall–Kier alpha value is -2.87. The molecule has 2 aromatic rings. The van der Waals surface area contributed by atoms with Gasteiger partial charge in [0.1, 0.15) is 6.04 Å². The number of anilines is 1. The van der Waals surface area contributed by atoms with E-state index in [0.29, 0.717) is 28.9 Å². The number of benzene rings is 1. The van der Waals surface area contributed by atoms with Crippen LogP contribution in [0.1, 0.15) is 83.5 Å². The molecule has 1 aliphatic rings. The Morgan fingerprint density at radius 1 is 1.05 bits per heavy atom. The summed E-state index contributed by atoms with van der Waals surface area (Å²) in [5.41, 5.74) is 3.01. The second-order valence-corrected chi connectivity index (χ2v) is 12.2. The summed E-state index contributed by atoms with van der Waals surface area (Å²) < 4.78 is 7.13. The average Bonchev–Trinajstić information content (AvgIpc) is 3.27. The van der Waals surface area contributed by atoms with Gasteiger partial charge in [0.2, 0.25) is 5.95 Å². The quantitative estimate of drug-likeness (QED) is 0.216. The predicted octanol–water partition coefficient (Wildman–Crippen LogP) is 5.98. The molecule has 2 heterocycles. The van der Waals surface area contributed by atoms with E-state index in [9.17, 15) is 9.59 Å². The molecule has 0 bridgehead atoms. The van der Waals surface area contributed by atoms with Gasteiger partial charge in [0.05, 0.1) is 18.1 Å². The molecule has 0 aliphatic carbocycles. The monoisotopic (exact) mass is 553 g/mol. The van der Waals surface area contributed by atoms with E-state index in [1.807, 2.05) is 23.1 Å². The Morgan fingerprint density at radius 2 is 1.70 bits per heavy atom. The van der Waals surface area contributed by atoms with Gasteiger partial charge in [-0.3, -0.25) is 4.79 Å². The van der Waals surface area contributed by atoms with Gasteiger partial charge in [-0.25, -0.2) is 9.78 Å². The third-order valence-electron chi connectivity index (χ3n) is 7.74. The number of likely N-dealkylation sites (tertiary alicyclic amines) is 1. The fourth-order valence-corrected chi connectivity index (χ4v) is 5.18. The van der Waals surface area contributed by atoms with Crippen molar-refractivity contribution in [2.75, 3.05) is 45.2 Å². The summed E-state index contributed by atoms with van der Waals surface area (Å²) in [6, 6.07) is 5.08. The highest BCUT2D eigenvalue weighted by Crippen LogP contribution is 2.25. The number of rotatable bonds is 15. The van der Waals surface area contributed by atoms with Crippen molar-refractivity contribution in [3.8, 4) is 0 Å². The molecule has 40 heavy (non-hydrogen) atoms. The second-order valence-electron chi connectivity index (χ2n) is 12.2. The van der Waals surface area contributed by atoms with Crippen molar-refractivity contribution in [3.63, 3.8) is 0 Å². The first-order valence-electron chi connectivity index (χ1n) is 15.1. The standard InChI is InChI=1S/C32H51N5O3/c1-23(2)14-20-36(21-15-24(3)4)30(38)26-12-13-27-28(22-26)37(19-11-18-35-16-9-8-10-17-35)32(33-27)34-29(25(5)6)31(39)40-7/h12-13,22-24,29H,5,8-11,14-21H2,1-4,6-7H3,(H,33,34)/t29-/m0/s1. The van der Waals surface area contributed by atoms with E-state index >= 15 is 0 Å². The number of methoxy groups -OCH3 is 1. The first kappa shape index (κ1) is 31.7. The van der Waals surface area contributed by atoms with Gasteiger partial charge in [-0.05, 0) is 94.3 Å². The van der Waals surface area contributed by atoms with E-state index in [0.717, 1.165) is 69.6 Å². The zero-order valence-corrected chi connectivity index (χ0v) is 25.7. The Balaban J connectivity index is 1.93. The van der Waals surface area contributed by atoms with Crippen LogP contribution in [0.5, 0.6) is 0 Å². The number of nitrogens with one attached hydrogen (secondary N) is 1. The minimum absolute atomic E-state index is 0.0631. The fraction of sp³-hybridized carbons (Fsp3) is 0.656. The molecule has 0 radical (unpaired) electrons. The number of hydrogen-bond donors (Lipinski definition) is 1. The Kier molecular flexibility index (Phi) is 12.0. The summed E-state index contributed by atoms with van der Waals surface area (Å²) in [6.07, 6.45) is 6.73. The van der Waals surface area contributed by atoms with Crippen molar-refractivity contribution in [2.24, 2.45) is 11.8 Å². The van der Waals surface area contributed by atoms with Crippen LogP contribution in [0.4, 0.5) is 5.95 Å². The van der Waals surface area contributed by atoms with Gasteiger partial charge in [0.25, 0.3) is 5.91 Å². The topological polar surface area (TPSA) is 79.7 Å². The minimum Gasteiger partial charge on any atom is -0.467 e. The first-order chi connectivity index (χ1) is 19.1. The third kappa shape index (κ3) is 8.82. The van der Waals surface area contributed by atoms with Crippen LogP contribution in [0.25, 0.3) is 11.0 Å². The minimum atomic E-state index is -0.702. The lowest BCUT2D eigenvalue weighted by Crippen LogP contribution is -2.34. The molecule has 1 fully saturated rings. The van der Waals surface area contributed by atoms with Crippen molar-refractivity contribution >= 4 is 28.9 Å². The number of imidazole rings is 1. The number of aromatic nitrogens is 2. The van der Waals surface area contributed by atoms with Crippen LogP contribution in [0, 0.1) is 11.8 Å². The van der Waals surface area contributed by atoms with E-state index in [1.165, 1.54) is 26.4 Å². The van der Waals surface area contributed by atoms with Crippen LogP contribution in [0.2, 0.25) is 0 Å². The van der Waals surface area contributed by atoms with Crippen molar-refractivity contribution < 1.29 is 14.3 Å². The largest absolute Gasteiger partial charge is 0.467 e. The smallest absolute Gasteiger partial charge is 0.332 e. The number of carbonyl (C=O) groups excluding carboxylic acids is 2. The third-order valence-corrected chi connectivity index (χ3v) is 7.74. The molecule has 3 rings (SSSR count). The molecule has 1 saturated heterocycles. The molecule has 1 aromatic carbocycles. The summed E-state index contributed by atoms with van der Waals surface area (Å²) in [5.74, 6) is 1.31. The average molecular weight is 554 g/mol. The van der Waals surface area contributed by atoms with E-state index in [2.05, 4.69) is 49.1 Å². The van der Waals surface area contributed by atoms with Crippen molar-refractivity contribution in [1.29, 1.82) is 0 Å². The molecule has 0 spiro atoms. The Morgan fingerprint density at radius 3 is 2.27 bits per heavy atom. The highest BCUT2D eigenvalue weighted by Gasteiger charge is 2.24. The van der Waals surface area contributed by atoms with E-state index in [4.69, 9.17) is 9.72 Å². The molecule has 0 unspecified atom stereocenters. The molecule has 0 saturated carbocycles. The summed E-state index contributed by atoms with van der Waals surface area (Å²) >= 11 is 0. The summed E-state index contributed by atoms with van der Waals surface area (Å²) in [4.78, 5) is 35.6. The Bertz CT molecular complexity index is 1120. The second kappa shape index (κ2) is 15.2. The van der Waals surface area contributed by atoms with Crippen LogP contribution < -0.4 is 5.32 Å². The number of piperidine rings is 1. The molecular formula is C32H51N5O3. The number of amides is 1. The van der Waals surface area contributed by atoms with Gasteiger partial charge in [-0.1, -0.05) is 40.7 Å². The molecule has 8 nitrogen and oxygen atoms in total. The molecular weight excluding hydrogens is 502 g/mol. The summed E-state index contributed by atoms with van der Waals surface area (Å²) in [7, 11) is 1.38. The normalized spacial score (nSPS) is 15.0. The number of esters is 1. The molecule has 1 aromatic heterocycles. The molecule has 1 amide bonds. The van der Waals surface area contributed by atoms with Gasteiger partial charge in [-0.15, -0.1) is 0 Å². The van der Waals surface area contributed by atoms with Crippen molar-refractivity contribution in [3.05, 3.63) is 35.9 Å². The highest BCUT2D eigenvalue weighted by atomic mass is 16.5. The zero-order chi connectivity index (χ0) is 29.2. The van der Waals surface area contributed by atoms with E-state index < -0.39 is 12.0 Å². The lowest BCUT2D eigenvalue weighted by atomic mass is 10.1. The maximum atomic E-state index is 13.7. The van der Waals surface area contributed by atoms with Crippen LogP contribution in [0.3, 0.4) is 0 Å². The van der Waals surface area contributed by atoms with Crippen LogP contribution >= 0.6 is 0 Å². The van der Waals surface area contributed by atoms with Crippen molar-refractivity contribution in [1.82, 2.24) is 19.4 Å². The Labute approximate surface area is 241 Å². The van der Waals surface area contributed by atoms with Gasteiger partial charge in [0.15, 0.2) is 0 Å². The summed E-state index contributed by atoms with van der Waals surface area (Å²) in [5, 5.41) is 3.28. The lowest BCUT2D eigenvalue weighted by Gasteiger charge is -2.26. The fourth-order valence-electron chi connectivity index (χ4n) is 5.18.